The molecule has 0 aliphatic rings. The van der Waals surface area contributed by atoms with Crippen molar-refractivity contribution < 1.29 is 0 Å². The highest BCUT2D eigenvalue weighted by molar-refractivity contribution is 6.32. The topological polar surface area (TPSA) is 17.8 Å². The van der Waals surface area contributed by atoms with E-state index in [1.807, 2.05) is 24.7 Å². The summed E-state index contributed by atoms with van der Waals surface area (Å²) < 4.78 is 1.88. The van der Waals surface area contributed by atoms with Gasteiger partial charge in [-0.05, 0) is 31.5 Å². The molecule has 0 saturated carbocycles. The molecule has 0 radical (unpaired) electrons. The summed E-state index contributed by atoms with van der Waals surface area (Å²) in [5, 5.41) is 6.31. The van der Waals surface area contributed by atoms with E-state index in [1.54, 1.807) is 0 Å². The molecule has 0 aliphatic heterocycles. The van der Waals surface area contributed by atoms with Gasteiger partial charge in [-0.3, -0.25) is 4.68 Å². The second-order valence-electron chi connectivity index (χ2n) is 3.33. The van der Waals surface area contributed by atoms with Gasteiger partial charge in [0.15, 0.2) is 0 Å². The Morgan fingerprint density at radius 2 is 2.00 bits per heavy atom. The lowest BCUT2D eigenvalue weighted by atomic mass is 10.1. The van der Waals surface area contributed by atoms with Crippen molar-refractivity contribution in [3.05, 3.63) is 28.4 Å². The average Bonchev–Trinajstić information content (AvgIpc) is 2.32. The molecule has 0 spiro atoms. The van der Waals surface area contributed by atoms with Crippen molar-refractivity contribution in [1.29, 1.82) is 0 Å². The number of nitrogens with zero attached hydrogens (tertiary/aromatic N) is 2. The van der Waals surface area contributed by atoms with Gasteiger partial charge in [0.25, 0.3) is 0 Å². The Bertz CT molecular complexity index is 471. The molecule has 0 atom stereocenters. The number of rotatable bonds is 0. The molecule has 2 aromatic rings. The first-order valence-corrected chi connectivity index (χ1v) is 4.57. The van der Waals surface area contributed by atoms with Crippen molar-refractivity contribution in [2.75, 3.05) is 0 Å². The van der Waals surface area contributed by atoms with Gasteiger partial charge >= 0.3 is 0 Å². The van der Waals surface area contributed by atoms with Crippen molar-refractivity contribution >= 4 is 22.5 Å². The number of aryl methyl sites for hydroxylation is 3. The lowest BCUT2D eigenvalue weighted by molar-refractivity contribution is 0.751. The molecular formula is C10H11ClN2. The lowest BCUT2D eigenvalue weighted by Gasteiger charge is -1.96. The van der Waals surface area contributed by atoms with Crippen molar-refractivity contribution in [2.45, 2.75) is 13.8 Å². The van der Waals surface area contributed by atoms with Crippen LogP contribution in [0.15, 0.2) is 12.1 Å². The molecule has 0 fully saturated rings. The monoisotopic (exact) mass is 194 g/mol. The van der Waals surface area contributed by atoms with Gasteiger partial charge in [-0.1, -0.05) is 11.6 Å². The normalized spacial score (nSPS) is 11.1. The Morgan fingerprint density at radius 3 is 2.69 bits per heavy atom. The van der Waals surface area contributed by atoms with Gasteiger partial charge in [-0.15, -0.1) is 0 Å². The summed E-state index contributed by atoms with van der Waals surface area (Å²) in [6.07, 6.45) is 0. The molecule has 3 heteroatoms. The van der Waals surface area contributed by atoms with E-state index in [4.69, 9.17) is 11.6 Å². The maximum absolute atomic E-state index is 6.00. The number of aromatic nitrogens is 2. The van der Waals surface area contributed by atoms with E-state index >= 15 is 0 Å². The highest BCUT2D eigenvalue weighted by Crippen LogP contribution is 2.24. The summed E-state index contributed by atoms with van der Waals surface area (Å²) in [6.45, 7) is 4.07. The second kappa shape index (κ2) is 2.74. The molecule has 0 saturated heterocycles. The first-order valence-electron chi connectivity index (χ1n) is 4.19. The Hall–Kier alpha value is -1.02. The number of hydrogen-bond acceptors (Lipinski definition) is 1. The van der Waals surface area contributed by atoms with Crippen LogP contribution in [0.25, 0.3) is 10.9 Å². The van der Waals surface area contributed by atoms with Gasteiger partial charge in [0.1, 0.15) is 0 Å². The predicted octanol–water partition coefficient (Wildman–Crippen LogP) is 2.84. The first kappa shape index (κ1) is 8.57. The molecule has 0 bridgehead atoms. The molecule has 1 aromatic heterocycles. The Kier molecular flexibility index (Phi) is 1.81. The van der Waals surface area contributed by atoms with Crippen LogP contribution in [0.3, 0.4) is 0 Å². The highest BCUT2D eigenvalue weighted by Gasteiger charge is 2.06. The van der Waals surface area contributed by atoms with Gasteiger partial charge in [0, 0.05) is 23.2 Å². The SMILES string of the molecule is Cc1cc2c(C)n(C)nc2cc1Cl. The van der Waals surface area contributed by atoms with Crippen molar-refractivity contribution in [3.63, 3.8) is 0 Å². The van der Waals surface area contributed by atoms with Crippen LogP contribution in [0.2, 0.25) is 5.02 Å². The van der Waals surface area contributed by atoms with Crippen molar-refractivity contribution in [3.8, 4) is 0 Å². The fraction of sp³-hybridized carbons (Fsp3) is 0.300. The summed E-state index contributed by atoms with van der Waals surface area (Å²) in [6, 6.07) is 4.00. The van der Waals surface area contributed by atoms with Crippen molar-refractivity contribution in [2.24, 2.45) is 7.05 Å². The van der Waals surface area contributed by atoms with Gasteiger partial charge in [-0.2, -0.15) is 5.10 Å². The smallest absolute Gasteiger partial charge is 0.0941 e. The fourth-order valence-corrected chi connectivity index (χ4v) is 1.61. The van der Waals surface area contributed by atoms with Gasteiger partial charge in [-0.25, -0.2) is 0 Å². The largest absolute Gasteiger partial charge is 0.272 e. The third-order valence-electron chi connectivity index (χ3n) is 2.41. The molecule has 2 rings (SSSR count). The van der Waals surface area contributed by atoms with Crippen LogP contribution >= 0.6 is 11.6 Å². The fourth-order valence-electron chi connectivity index (χ4n) is 1.45. The van der Waals surface area contributed by atoms with Gasteiger partial charge in [0.2, 0.25) is 0 Å². The maximum Gasteiger partial charge on any atom is 0.0941 e. The zero-order valence-electron chi connectivity index (χ0n) is 7.93. The third-order valence-corrected chi connectivity index (χ3v) is 2.82. The zero-order valence-corrected chi connectivity index (χ0v) is 8.68. The standard InChI is InChI=1S/C10H11ClN2/c1-6-4-8-7(2)13(3)12-10(8)5-9(6)11/h4-5H,1-3H3. The Morgan fingerprint density at radius 1 is 1.31 bits per heavy atom. The molecule has 68 valence electrons. The van der Waals surface area contributed by atoms with E-state index in [-0.39, 0.29) is 0 Å². The van der Waals surface area contributed by atoms with Crippen LogP contribution in [0.5, 0.6) is 0 Å². The van der Waals surface area contributed by atoms with E-state index in [1.165, 1.54) is 11.1 Å². The van der Waals surface area contributed by atoms with Crippen LogP contribution in [0, 0.1) is 13.8 Å². The zero-order chi connectivity index (χ0) is 9.59. The van der Waals surface area contributed by atoms with Crippen LogP contribution in [0.1, 0.15) is 11.3 Å². The minimum Gasteiger partial charge on any atom is -0.272 e. The molecule has 1 aromatic carbocycles. The van der Waals surface area contributed by atoms with E-state index in [0.29, 0.717) is 0 Å². The summed E-state index contributed by atoms with van der Waals surface area (Å²) in [5.74, 6) is 0. The quantitative estimate of drug-likeness (QED) is 0.631. The van der Waals surface area contributed by atoms with E-state index in [9.17, 15) is 0 Å². The second-order valence-corrected chi connectivity index (χ2v) is 3.73. The maximum atomic E-state index is 6.00. The number of hydrogen-bond donors (Lipinski definition) is 0. The summed E-state index contributed by atoms with van der Waals surface area (Å²) in [4.78, 5) is 0. The van der Waals surface area contributed by atoms with E-state index in [0.717, 1.165) is 16.1 Å². The highest BCUT2D eigenvalue weighted by atomic mass is 35.5. The average molecular weight is 195 g/mol. The summed E-state index contributed by atoms with van der Waals surface area (Å²) in [5.41, 5.74) is 3.25. The molecule has 0 aliphatic carbocycles. The van der Waals surface area contributed by atoms with Crippen LogP contribution in [-0.4, -0.2) is 9.78 Å². The lowest BCUT2D eigenvalue weighted by Crippen LogP contribution is -1.91. The molecule has 0 N–H and O–H groups in total. The predicted molar refractivity (Wildman–Crippen MR) is 55.2 cm³/mol. The van der Waals surface area contributed by atoms with E-state index < -0.39 is 0 Å². The molecule has 0 amide bonds. The third kappa shape index (κ3) is 1.22. The molecular weight excluding hydrogens is 184 g/mol. The number of fused-ring (bicyclic) bond motifs is 1. The Balaban J connectivity index is 2.89. The minimum absolute atomic E-state index is 0.783. The van der Waals surface area contributed by atoms with Crippen LogP contribution in [-0.2, 0) is 7.05 Å². The molecule has 1 heterocycles. The molecule has 13 heavy (non-hydrogen) atoms. The van der Waals surface area contributed by atoms with Crippen LogP contribution < -0.4 is 0 Å². The summed E-state index contributed by atoms with van der Waals surface area (Å²) in [7, 11) is 1.94. The van der Waals surface area contributed by atoms with Crippen molar-refractivity contribution in [1.82, 2.24) is 9.78 Å². The van der Waals surface area contributed by atoms with Crippen LogP contribution in [0.4, 0.5) is 0 Å². The number of halogens is 1. The summed E-state index contributed by atoms with van der Waals surface area (Å²) >= 11 is 6.00. The number of benzene rings is 1. The van der Waals surface area contributed by atoms with Gasteiger partial charge in [0.05, 0.1) is 5.52 Å². The minimum atomic E-state index is 0.783. The van der Waals surface area contributed by atoms with E-state index in [2.05, 4.69) is 18.1 Å². The Labute approximate surface area is 82.1 Å². The molecule has 2 nitrogen and oxygen atoms in total. The van der Waals surface area contributed by atoms with Gasteiger partial charge < -0.3 is 0 Å². The molecule has 0 unspecified atom stereocenters. The first-order chi connectivity index (χ1) is 6.09.